The largest absolute Gasteiger partial charge is 0.0622 e. The zero-order valence-electron chi connectivity index (χ0n) is 29.3. The lowest BCUT2D eigenvalue weighted by atomic mass is 9.84. The maximum atomic E-state index is 2.52. The van der Waals surface area contributed by atoms with Crippen molar-refractivity contribution in [3.05, 3.63) is 182 Å². The van der Waals surface area contributed by atoms with Gasteiger partial charge in [0.05, 0.1) is 0 Å². The molecule has 13 rings (SSSR count). The van der Waals surface area contributed by atoms with E-state index in [1.807, 2.05) is 0 Å². The molecular formula is C54H30. The Morgan fingerprint density at radius 3 is 1.19 bits per heavy atom. The zero-order valence-corrected chi connectivity index (χ0v) is 29.3. The van der Waals surface area contributed by atoms with Gasteiger partial charge in [0.2, 0.25) is 0 Å². The fourth-order valence-corrected chi connectivity index (χ4v) is 10.1. The van der Waals surface area contributed by atoms with Gasteiger partial charge in [-0.1, -0.05) is 140 Å². The van der Waals surface area contributed by atoms with E-state index in [2.05, 4.69) is 182 Å². The topological polar surface area (TPSA) is 0 Å². The zero-order chi connectivity index (χ0) is 35.1. The summed E-state index contributed by atoms with van der Waals surface area (Å²) in [5, 5.41) is 15.7. The predicted octanol–water partition coefficient (Wildman–Crippen LogP) is 15.2. The van der Waals surface area contributed by atoms with Crippen molar-refractivity contribution in [3.8, 4) is 66.8 Å². The second-order valence-corrected chi connectivity index (χ2v) is 15.1. The Morgan fingerprint density at radius 2 is 0.593 bits per heavy atom. The van der Waals surface area contributed by atoms with Gasteiger partial charge in [-0.05, 0) is 174 Å². The SMILES string of the molecule is c1ccc(-c2cc3c4cc5c(cc4c(-c4ccccc4)cc3c3cc4c(cc23)-c2cccc3cccc-4c23)-c2cccc3c2c-5cc2ccccc23)cc1. The van der Waals surface area contributed by atoms with Crippen molar-refractivity contribution >= 4 is 64.6 Å². The Balaban J connectivity index is 1.21. The minimum absolute atomic E-state index is 1.24. The molecule has 2 aliphatic rings. The minimum Gasteiger partial charge on any atom is -0.0622 e. The van der Waals surface area contributed by atoms with Crippen molar-refractivity contribution in [2.75, 3.05) is 0 Å². The first-order valence-corrected chi connectivity index (χ1v) is 18.9. The maximum absolute atomic E-state index is 2.52. The molecular weight excluding hydrogens is 649 g/mol. The Morgan fingerprint density at radius 1 is 0.185 bits per heavy atom. The number of benzene rings is 11. The molecule has 0 amide bonds. The molecule has 0 spiro atoms. The Bertz CT molecular complexity index is 3460. The van der Waals surface area contributed by atoms with Crippen LogP contribution in [0.5, 0.6) is 0 Å². The first kappa shape index (κ1) is 28.6. The quantitative estimate of drug-likeness (QED) is 0.160. The van der Waals surface area contributed by atoms with E-state index >= 15 is 0 Å². The van der Waals surface area contributed by atoms with E-state index in [0.29, 0.717) is 0 Å². The van der Waals surface area contributed by atoms with Crippen LogP contribution in [-0.2, 0) is 0 Å². The molecule has 0 fully saturated rings. The Kier molecular flexibility index (Phi) is 5.45. The van der Waals surface area contributed by atoms with Crippen LogP contribution in [0, 0.1) is 0 Å². The van der Waals surface area contributed by atoms with Crippen LogP contribution in [-0.4, -0.2) is 0 Å². The van der Waals surface area contributed by atoms with E-state index in [0.717, 1.165) is 0 Å². The average molecular weight is 679 g/mol. The standard InChI is InChI=1S/C54H30/c1-3-12-31(13-4-1)40-26-48-47(49-29-43-38-21-10-18-33-17-9-20-37(53(33)38)42(43)27-45(40)49)25-41(32-14-5-2-6-15-32)46-28-44-39-23-11-22-36-35-19-8-7-16-34(35)24-52(54(36)39)51(44)30-50(46)48/h1-30H. The summed E-state index contributed by atoms with van der Waals surface area (Å²) in [6, 6.07) is 68.6. The number of hydrogen-bond acceptors (Lipinski definition) is 0. The lowest BCUT2D eigenvalue weighted by Gasteiger charge is -2.19. The second kappa shape index (κ2) is 10.3. The molecule has 11 aromatic carbocycles. The summed E-state index contributed by atoms with van der Waals surface area (Å²) in [7, 11) is 0. The van der Waals surface area contributed by atoms with E-state index in [-0.39, 0.29) is 0 Å². The van der Waals surface area contributed by atoms with Crippen LogP contribution >= 0.6 is 0 Å². The van der Waals surface area contributed by atoms with E-state index in [9.17, 15) is 0 Å². The van der Waals surface area contributed by atoms with E-state index < -0.39 is 0 Å². The van der Waals surface area contributed by atoms with Gasteiger partial charge in [-0.2, -0.15) is 0 Å². The lowest BCUT2D eigenvalue weighted by molar-refractivity contribution is 1.65. The molecule has 0 aromatic heterocycles. The third kappa shape index (κ3) is 3.67. The van der Waals surface area contributed by atoms with Crippen LogP contribution in [0.2, 0.25) is 0 Å². The third-order valence-electron chi connectivity index (χ3n) is 12.5. The van der Waals surface area contributed by atoms with E-state index in [1.165, 1.54) is 131 Å². The fraction of sp³-hybridized carbons (Fsp3) is 0. The molecule has 0 saturated carbocycles. The highest BCUT2D eigenvalue weighted by molar-refractivity contribution is 6.30. The monoisotopic (exact) mass is 678 g/mol. The normalized spacial score (nSPS) is 12.4. The van der Waals surface area contributed by atoms with Crippen molar-refractivity contribution in [2.24, 2.45) is 0 Å². The highest BCUT2D eigenvalue weighted by Crippen LogP contribution is 2.54. The first-order valence-electron chi connectivity index (χ1n) is 18.9. The maximum Gasteiger partial charge on any atom is -0.00199 e. The van der Waals surface area contributed by atoms with Gasteiger partial charge in [0, 0.05) is 0 Å². The van der Waals surface area contributed by atoms with Crippen molar-refractivity contribution in [2.45, 2.75) is 0 Å². The van der Waals surface area contributed by atoms with Gasteiger partial charge in [0.25, 0.3) is 0 Å². The molecule has 0 nitrogen and oxygen atoms in total. The van der Waals surface area contributed by atoms with Crippen LogP contribution in [0.25, 0.3) is 131 Å². The van der Waals surface area contributed by atoms with Crippen LogP contribution in [0.3, 0.4) is 0 Å². The predicted molar refractivity (Wildman–Crippen MR) is 231 cm³/mol. The lowest BCUT2D eigenvalue weighted by Crippen LogP contribution is -1.91. The molecule has 54 heavy (non-hydrogen) atoms. The second-order valence-electron chi connectivity index (χ2n) is 15.1. The van der Waals surface area contributed by atoms with Crippen molar-refractivity contribution in [1.29, 1.82) is 0 Å². The van der Waals surface area contributed by atoms with Gasteiger partial charge in [0.1, 0.15) is 0 Å². The summed E-state index contributed by atoms with van der Waals surface area (Å²) in [4.78, 5) is 0. The van der Waals surface area contributed by atoms with Crippen LogP contribution < -0.4 is 0 Å². The smallest absolute Gasteiger partial charge is 0.00199 e. The van der Waals surface area contributed by atoms with Crippen LogP contribution in [0.15, 0.2) is 182 Å². The third-order valence-corrected chi connectivity index (χ3v) is 12.5. The van der Waals surface area contributed by atoms with Crippen LogP contribution in [0.1, 0.15) is 0 Å². The molecule has 0 atom stereocenters. The van der Waals surface area contributed by atoms with Crippen molar-refractivity contribution < 1.29 is 0 Å². The van der Waals surface area contributed by atoms with Crippen molar-refractivity contribution in [1.82, 2.24) is 0 Å². The number of fused-ring (bicyclic) bond motifs is 13. The molecule has 0 heteroatoms. The van der Waals surface area contributed by atoms with Gasteiger partial charge < -0.3 is 0 Å². The molecule has 11 aromatic rings. The summed E-state index contributed by atoms with van der Waals surface area (Å²) in [5.41, 5.74) is 15.6. The van der Waals surface area contributed by atoms with Crippen LogP contribution in [0.4, 0.5) is 0 Å². The molecule has 0 aliphatic heterocycles. The average Bonchev–Trinajstić information content (AvgIpc) is 3.72. The van der Waals surface area contributed by atoms with E-state index in [4.69, 9.17) is 0 Å². The van der Waals surface area contributed by atoms with E-state index in [1.54, 1.807) is 0 Å². The molecule has 2 aliphatic carbocycles. The molecule has 0 saturated heterocycles. The highest BCUT2D eigenvalue weighted by Gasteiger charge is 2.27. The Labute approximate surface area is 312 Å². The summed E-state index contributed by atoms with van der Waals surface area (Å²) in [6.45, 7) is 0. The first-order chi connectivity index (χ1) is 26.8. The van der Waals surface area contributed by atoms with Gasteiger partial charge in [0.15, 0.2) is 0 Å². The fourth-order valence-electron chi connectivity index (χ4n) is 10.1. The summed E-state index contributed by atoms with van der Waals surface area (Å²) in [5.74, 6) is 0. The van der Waals surface area contributed by atoms with Gasteiger partial charge in [-0.3, -0.25) is 0 Å². The summed E-state index contributed by atoms with van der Waals surface area (Å²) in [6.07, 6.45) is 0. The summed E-state index contributed by atoms with van der Waals surface area (Å²) >= 11 is 0. The molecule has 0 N–H and O–H groups in total. The molecule has 0 unspecified atom stereocenters. The molecule has 0 bridgehead atoms. The molecule has 0 radical (unpaired) electrons. The number of hydrogen-bond donors (Lipinski definition) is 0. The minimum atomic E-state index is 1.24. The van der Waals surface area contributed by atoms with Gasteiger partial charge >= 0.3 is 0 Å². The summed E-state index contributed by atoms with van der Waals surface area (Å²) < 4.78 is 0. The number of rotatable bonds is 2. The highest BCUT2D eigenvalue weighted by atomic mass is 14.3. The van der Waals surface area contributed by atoms with Gasteiger partial charge in [-0.15, -0.1) is 0 Å². The molecule has 0 heterocycles. The Hall–Kier alpha value is -7.02. The van der Waals surface area contributed by atoms with Crippen molar-refractivity contribution in [3.63, 3.8) is 0 Å². The molecule has 246 valence electrons. The van der Waals surface area contributed by atoms with Gasteiger partial charge in [-0.25, -0.2) is 0 Å².